The maximum Gasteiger partial charge on any atom is 0.245 e. The molecular weight excluding hydrogens is 449 g/mol. The zero-order chi connectivity index (χ0) is 24.6. The van der Waals surface area contributed by atoms with Crippen molar-refractivity contribution in [3.05, 3.63) is 89.7 Å². The summed E-state index contributed by atoms with van der Waals surface area (Å²) in [5.41, 5.74) is 4.85. The van der Waals surface area contributed by atoms with Crippen LogP contribution in [0.4, 0.5) is 10.1 Å². The van der Waals surface area contributed by atoms with Crippen LogP contribution in [-0.4, -0.2) is 31.2 Å². The van der Waals surface area contributed by atoms with E-state index < -0.39 is 5.92 Å². The van der Waals surface area contributed by atoms with E-state index in [-0.39, 0.29) is 30.7 Å². The molecule has 0 aromatic heterocycles. The number of benzene rings is 3. The Morgan fingerprint density at radius 3 is 2.60 bits per heavy atom. The van der Waals surface area contributed by atoms with Crippen LogP contribution < -0.4 is 19.8 Å². The number of hydrogen-bond acceptors (Lipinski definition) is 5. The molecule has 180 valence electrons. The Balaban J connectivity index is 1.35. The molecule has 1 N–H and O–H groups in total. The molecule has 0 spiro atoms. The van der Waals surface area contributed by atoms with E-state index in [9.17, 15) is 14.0 Å². The average Bonchev–Trinajstić information content (AvgIpc) is 3.27. The fourth-order valence-corrected chi connectivity index (χ4v) is 3.74. The molecule has 3 aromatic rings. The number of halogens is 1. The highest BCUT2D eigenvalue weighted by Crippen LogP contribution is 2.29. The Bertz CT molecular complexity index is 1200. The third-order valence-corrected chi connectivity index (χ3v) is 5.53. The quantitative estimate of drug-likeness (QED) is 0.370. The van der Waals surface area contributed by atoms with Gasteiger partial charge in [0.25, 0.3) is 0 Å². The van der Waals surface area contributed by atoms with Crippen LogP contribution in [0.2, 0.25) is 0 Å². The smallest absolute Gasteiger partial charge is 0.245 e. The third-order valence-electron chi connectivity index (χ3n) is 5.53. The highest BCUT2D eigenvalue weighted by atomic mass is 19.1. The Kier molecular flexibility index (Phi) is 7.72. The number of para-hydroxylation sites is 1. The number of carbonyl (C=O) groups is 2. The molecule has 4 rings (SSSR count). The fraction of sp³-hybridized carbons (Fsp3) is 0.222. The zero-order valence-corrected chi connectivity index (χ0v) is 19.3. The Labute approximate surface area is 203 Å². The molecule has 1 atom stereocenters. The molecule has 8 heteroatoms. The van der Waals surface area contributed by atoms with Crippen LogP contribution in [0.3, 0.4) is 0 Å². The van der Waals surface area contributed by atoms with E-state index in [2.05, 4.69) is 10.5 Å². The first-order chi connectivity index (χ1) is 17.0. The van der Waals surface area contributed by atoms with E-state index in [1.807, 2.05) is 37.3 Å². The van der Waals surface area contributed by atoms with Crippen LogP contribution in [0.5, 0.6) is 11.5 Å². The van der Waals surface area contributed by atoms with Crippen LogP contribution in [-0.2, 0) is 16.2 Å². The maximum absolute atomic E-state index is 13.1. The van der Waals surface area contributed by atoms with Crippen molar-refractivity contribution in [2.24, 2.45) is 11.0 Å². The van der Waals surface area contributed by atoms with Crippen molar-refractivity contribution < 1.29 is 23.5 Å². The number of amides is 2. The van der Waals surface area contributed by atoms with E-state index in [1.165, 1.54) is 18.3 Å². The summed E-state index contributed by atoms with van der Waals surface area (Å²) in [5, 5.41) is 4.06. The van der Waals surface area contributed by atoms with Gasteiger partial charge >= 0.3 is 0 Å². The summed E-state index contributed by atoms with van der Waals surface area (Å²) in [6.45, 7) is 2.90. The molecule has 0 saturated carbocycles. The zero-order valence-electron chi connectivity index (χ0n) is 19.3. The first-order valence-corrected chi connectivity index (χ1v) is 11.4. The molecule has 3 aromatic carbocycles. The number of ether oxygens (including phenoxy) is 2. The molecule has 2 amide bonds. The first-order valence-electron chi connectivity index (χ1n) is 11.4. The number of hydrazone groups is 1. The van der Waals surface area contributed by atoms with Crippen LogP contribution in [0.25, 0.3) is 0 Å². The van der Waals surface area contributed by atoms with Crippen molar-refractivity contribution in [1.82, 2.24) is 5.43 Å². The lowest BCUT2D eigenvalue weighted by atomic mass is 10.1. The summed E-state index contributed by atoms with van der Waals surface area (Å²) in [5.74, 6) is -0.0866. The largest absolute Gasteiger partial charge is 0.490 e. The first kappa shape index (κ1) is 23.9. The number of hydrogen-bond donors (Lipinski definition) is 1. The van der Waals surface area contributed by atoms with Gasteiger partial charge in [-0.25, -0.2) is 9.82 Å². The standard InChI is InChI=1S/C27H26FN3O4/c1-2-34-25-14-20(10-13-24(25)35-18-19-8-11-22(28)12-9-19)16-29-30-27(33)21-15-26(32)31(17-21)23-6-4-3-5-7-23/h3-14,16,21H,2,15,17-18H2,1H3,(H,30,33)/b29-16-/t21-/m0/s1. The van der Waals surface area contributed by atoms with Crippen LogP contribution in [0.15, 0.2) is 77.9 Å². The Morgan fingerprint density at radius 1 is 1.09 bits per heavy atom. The lowest BCUT2D eigenvalue weighted by Gasteiger charge is -2.16. The Morgan fingerprint density at radius 2 is 1.86 bits per heavy atom. The third kappa shape index (κ3) is 6.23. The lowest BCUT2D eigenvalue weighted by molar-refractivity contribution is -0.126. The SMILES string of the molecule is CCOc1cc(/C=N\NC(=O)[C@H]2CC(=O)N(c3ccccc3)C2)ccc1OCc1ccc(F)cc1. The van der Waals surface area contributed by atoms with Gasteiger partial charge in [0.05, 0.1) is 18.7 Å². The van der Waals surface area contributed by atoms with E-state index in [1.54, 1.807) is 35.2 Å². The van der Waals surface area contributed by atoms with E-state index in [0.29, 0.717) is 30.2 Å². The molecule has 0 bridgehead atoms. The van der Waals surface area contributed by atoms with Gasteiger partial charge in [-0.3, -0.25) is 9.59 Å². The summed E-state index contributed by atoms with van der Waals surface area (Å²) in [7, 11) is 0. The monoisotopic (exact) mass is 475 g/mol. The molecule has 1 fully saturated rings. The van der Waals surface area contributed by atoms with Crippen molar-refractivity contribution in [2.75, 3.05) is 18.1 Å². The molecule has 1 aliphatic rings. The second-order valence-electron chi connectivity index (χ2n) is 8.03. The van der Waals surface area contributed by atoms with Gasteiger partial charge in [-0.2, -0.15) is 5.10 Å². The minimum absolute atomic E-state index is 0.0853. The molecule has 0 unspecified atom stereocenters. The van der Waals surface area contributed by atoms with Gasteiger partial charge in [0.2, 0.25) is 11.8 Å². The van der Waals surface area contributed by atoms with E-state index in [4.69, 9.17) is 9.47 Å². The van der Waals surface area contributed by atoms with Gasteiger partial charge in [0.1, 0.15) is 12.4 Å². The van der Waals surface area contributed by atoms with Gasteiger partial charge in [0.15, 0.2) is 11.5 Å². The van der Waals surface area contributed by atoms with Gasteiger partial charge in [-0.1, -0.05) is 30.3 Å². The molecule has 7 nitrogen and oxygen atoms in total. The summed E-state index contributed by atoms with van der Waals surface area (Å²) < 4.78 is 24.6. The highest BCUT2D eigenvalue weighted by molar-refractivity contribution is 6.00. The summed E-state index contributed by atoms with van der Waals surface area (Å²) >= 11 is 0. The number of rotatable bonds is 9. The molecular formula is C27H26FN3O4. The molecule has 0 aliphatic carbocycles. The van der Waals surface area contributed by atoms with Crippen molar-refractivity contribution in [3.63, 3.8) is 0 Å². The second kappa shape index (κ2) is 11.3. The van der Waals surface area contributed by atoms with E-state index in [0.717, 1.165) is 11.3 Å². The van der Waals surface area contributed by atoms with Crippen LogP contribution >= 0.6 is 0 Å². The number of nitrogens with one attached hydrogen (secondary N) is 1. The van der Waals surface area contributed by atoms with Crippen molar-refractivity contribution >= 4 is 23.7 Å². The normalized spacial score (nSPS) is 15.4. The molecule has 1 saturated heterocycles. The number of nitrogens with zero attached hydrogens (tertiary/aromatic N) is 2. The second-order valence-corrected chi connectivity index (χ2v) is 8.03. The van der Waals surface area contributed by atoms with Crippen molar-refractivity contribution in [2.45, 2.75) is 20.0 Å². The number of anilines is 1. The van der Waals surface area contributed by atoms with Crippen molar-refractivity contribution in [1.29, 1.82) is 0 Å². The summed E-state index contributed by atoms with van der Waals surface area (Å²) in [4.78, 5) is 26.5. The molecule has 0 radical (unpaired) electrons. The van der Waals surface area contributed by atoms with Crippen molar-refractivity contribution in [3.8, 4) is 11.5 Å². The number of carbonyl (C=O) groups excluding carboxylic acids is 2. The maximum atomic E-state index is 13.1. The summed E-state index contributed by atoms with van der Waals surface area (Å²) in [6.07, 6.45) is 1.65. The van der Waals surface area contributed by atoms with Gasteiger partial charge < -0.3 is 14.4 Å². The van der Waals surface area contributed by atoms with Gasteiger partial charge in [-0.05, 0) is 60.5 Å². The van der Waals surface area contributed by atoms with Crippen LogP contribution in [0, 0.1) is 11.7 Å². The minimum atomic E-state index is -0.471. The predicted molar refractivity (Wildman–Crippen MR) is 131 cm³/mol. The fourth-order valence-electron chi connectivity index (χ4n) is 3.74. The molecule has 35 heavy (non-hydrogen) atoms. The highest BCUT2D eigenvalue weighted by Gasteiger charge is 2.35. The van der Waals surface area contributed by atoms with Gasteiger partial charge in [0, 0.05) is 18.7 Å². The summed E-state index contributed by atoms with van der Waals surface area (Å²) in [6, 6.07) is 20.7. The molecule has 1 aliphatic heterocycles. The topological polar surface area (TPSA) is 80.2 Å². The van der Waals surface area contributed by atoms with E-state index >= 15 is 0 Å². The van der Waals surface area contributed by atoms with Crippen LogP contribution in [0.1, 0.15) is 24.5 Å². The van der Waals surface area contributed by atoms with Gasteiger partial charge in [-0.15, -0.1) is 0 Å². The minimum Gasteiger partial charge on any atom is -0.490 e. The predicted octanol–water partition coefficient (Wildman–Crippen LogP) is 4.31. The Hall–Kier alpha value is -4.20. The average molecular weight is 476 g/mol. The molecule has 1 heterocycles. The lowest BCUT2D eigenvalue weighted by Crippen LogP contribution is -2.30.